The largest absolute Gasteiger partial charge is 0.462 e. The number of rotatable bonds is 11. The topological polar surface area (TPSA) is 66.4 Å². The number of nitrogens with one attached hydrogen (secondary N) is 1. The summed E-state index contributed by atoms with van der Waals surface area (Å²) in [5.74, 6) is 0.212. The van der Waals surface area contributed by atoms with Crippen molar-refractivity contribution in [3.8, 4) is 0 Å². The van der Waals surface area contributed by atoms with Crippen molar-refractivity contribution >= 4 is 35.1 Å². The summed E-state index contributed by atoms with van der Waals surface area (Å²) in [6.45, 7) is 4.23. The first-order valence-electron chi connectivity index (χ1n) is 13.6. The van der Waals surface area contributed by atoms with Gasteiger partial charge in [0, 0.05) is 20.6 Å². The van der Waals surface area contributed by atoms with Gasteiger partial charge in [-0.3, -0.25) is 0 Å². The Morgan fingerprint density at radius 2 is 1.82 bits per heavy atom. The summed E-state index contributed by atoms with van der Waals surface area (Å²) in [6, 6.07) is 14.9. The molecule has 2 aliphatic heterocycles. The van der Waals surface area contributed by atoms with Crippen LogP contribution in [-0.2, 0) is 20.7 Å². The molecule has 210 valence electrons. The van der Waals surface area contributed by atoms with Gasteiger partial charge in [0.2, 0.25) is 0 Å². The van der Waals surface area contributed by atoms with E-state index in [1.165, 1.54) is 24.8 Å². The highest BCUT2D eigenvalue weighted by molar-refractivity contribution is 6.42. The van der Waals surface area contributed by atoms with E-state index in [-0.39, 0.29) is 6.61 Å². The van der Waals surface area contributed by atoms with E-state index in [0.717, 1.165) is 38.0 Å². The van der Waals surface area contributed by atoms with Gasteiger partial charge in [0.15, 0.2) is 5.96 Å². The Balaban J connectivity index is 1.52. The van der Waals surface area contributed by atoms with Crippen molar-refractivity contribution in [3.05, 3.63) is 81.0 Å². The second-order valence-electron chi connectivity index (χ2n) is 10.1. The molecule has 0 amide bonds. The van der Waals surface area contributed by atoms with Crippen LogP contribution in [0.3, 0.4) is 0 Å². The first-order valence-corrected chi connectivity index (χ1v) is 14.4. The third-order valence-corrected chi connectivity index (χ3v) is 7.69. The molecule has 1 saturated heterocycles. The van der Waals surface area contributed by atoms with Crippen LogP contribution in [0.1, 0.15) is 42.9 Å². The molecule has 2 aromatic carbocycles. The smallest absolute Gasteiger partial charge is 0.338 e. The third kappa shape index (κ3) is 8.45. The standard InChI is InChI=1S/C30H38Cl2N4O3/c1-35(2)30-33-26(21-38-19-17-36-15-7-4-8-16-36)27(28(34-30)23-13-14-24(31)25(32)20-23)29(37)39-18-9-12-22-10-5-3-6-11-22/h3,5-6,10-11,13-14,20,28H,4,7-9,12,15-19,21H2,1-2H3,(H,33,34). The zero-order valence-corrected chi connectivity index (χ0v) is 24.3. The molecule has 39 heavy (non-hydrogen) atoms. The molecule has 4 rings (SSSR count). The SMILES string of the molecule is CN(C)C1=NC(c2ccc(Cl)c(Cl)c2)C(C(=O)OCCCc2ccccc2)=C(COCCN2CCCCC2)N1. The monoisotopic (exact) mass is 572 g/mol. The highest BCUT2D eigenvalue weighted by Gasteiger charge is 2.33. The van der Waals surface area contributed by atoms with Crippen LogP contribution in [0.5, 0.6) is 0 Å². The number of carbonyl (C=O) groups excluding carboxylic acids is 1. The van der Waals surface area contributed by atoms with E-state index in [0.29, 0.717) is 40.5 Å². The summed E-state index contributed by atoms with van der Waals surface area (Å²) in [4.78, 5) is 22.8. The Morgan fingerprint density at radius 3 is 2.54 bits per heavy atom. The maximum Gasteiger partial charge on any atom is 0.338 e. The number of aliphatic imine (C=N–C) groups is 1. The average molecular weight is 574 g/mol. The molecular formula is C30H38Cl2N4O3. The zero-order chi connectivity index (χ0) is 27.6. The molecule has 0 radical (unpaired) electrons. The summed E-state index contributed by atoms with van der Waals surface area (Å²) in [6.07, 6.45) is 5.33. The molecule has 1 atom stereocenters. The third-order valence-electron chi connectivity index (χ3n) is 6.95. The first kappa shape index (κ1) is 29.4. The van der Waals surface area contributed by atoms with Crippen molar-refractivity contribution in [2.75, 3.05) is 53.6 Å². The van der Waals surface area contributed by atoms with Crippen molar-refractivity contribution in [1.29, 1.82) is 0 Å². The summed E-state index contributed by atoms with van der Waals surface area (Å²) >= 11 is 12.6. The molecule has 0 spiro atoms. The molecule has 0 aliphatic carbocycles. The van der Waals surface area contributed by atoms with Gasteiger partial charge in [-0.05, 0) is 62.0 Å². The molecule has 2 aromatic rings. The van der Waals surface area contributed by atoms with Crippen LogP contribution < -0.4 is 5.32 Å². The van der Waals surface area contributed by atoms with Gasteiger partial charge in [0.25, 0.3) is 0 Å². The van der Waals surface area contributed by atoms with Crippen LogP contribution in [0.4, 0.5) is 0 Å². The predicted molar refractivity (Wildman–Crippen MR) is 157 cm³/mol. The van der Waals surface area contributed by atoms with Crippen molar-refractivity contribution in [3.63, 3.8) is 0 Å². The number of nitrogens with zero attached hydrogens (tertiary/aromatic N) is 3. The molecule has 0 saturated carbocycles. The Morgan fingerprint density at radius 1 is 1.05 bits per heavy atom. The fourth-order valence-corrected chi connectivity index (χ4v) is 5.11. The van der Waals surface area contributed by atoms with E-state index in [1.807, 2.05) is 43.3 Å². The summed E-state index contributed by atoms with van der Waals surface area (Å²) in [5, 5.41) is 4.17. The van der Waals surface area contributed by atoms with Gasteiger partial charge < -0.3 is 24.6 Å². The number of esters is 1. The highest BCUT2D eigenvalue weighted by Crippen LogP contribution is 2.35. The second-order valence-corrected chi connectivity index (χ2v) is 10.9. The number of ether oxygens (including phenoxy) is 2. The molecule has 1 unspecified atom stereocenters. The lowest BCUT2D eigenvalue weighted by molar-refractivity contribution is -0.139. The summed E-state index contributed by atoms with van der Waals surface area (Å²) in [5.41, 5.74) is 3.05. The lowest BCUT2D eigenvalue weighted by Gasteiger charge is -2.30. The normalized spacial score (nSPS) is 17.9. The molecule has 2 heterocycles. The van der Waals surface area contributed by atoms with Crippen molar-refractivity contribution in [1.82, 2.24) is 15.1 Å². The Labute approximate surface area is 241 Å². The average Bonchev–Trinajstić information content (AvgIpc) is 2.95. The Bertz CT molecular complexity index is 1160. The number of guanidine groups is 1. The Kier molecular flexibility index (Phi) is 11.1. The number of hydrogen-bond donors (Lipinski definition) is 1. The molecule has 0 aromatic heterocycles. The van der Waals surface area contributed by atoms with Gasteiger partial charge >= 0.3 is 5.97 Å². The number of carbonyl (C=O) groups is 1. The summed E-state index contributed by atoms with van der Waals surface area (Å²) < 4.78 is 11.9. The number of aryl methyl sites for hydroxylation is 1. The van der Waals surface area contributed by atoms with Gasteiger partial charge in [-0.25, -0.2) is 9.79 Å². The van der Waals surface area contributed by atoms with Crippen LogP contribution in [0.25, 0.3) is 0 Å². The van der Waals surface area contributed by atoms with E-state index in [1.54, 1.807) is 12.1 Å². The minimum Gasteiger partial charge on any atom is -0.462 e. The lowest BCUT2D eigenvalue weighted by Crippen LogP contribution is -2.42. The molecule has 1 N–H and O–H groups in total. The van der Waals surface area contributed by atoms with Crippen LogP contribution in [0, 0.1) is 0 Å². The van der Waals surface area contributed by atoms with E-state index in [4.69, 9.17) is 37.7 Å². The fraction of sp³-hybridized carbons (Fsp3) is 0.467. The van der Waals surface area contributed by atoms with Crippen LogP contribution in [0.15, 0.2) is 64.8 Å². The highest BCUT2D eigenvalue weighted by atomic mass is 35.5. The fourth-order valence-electron chi connectivity index (χ4n) is 4.80. The first-order chi connectivity index (χ1) is 18.9. The van der Waals surface area contributed by atoms with E-state index < -0.39 is 12.0 Å². The van der Waals surface area contributed by atoms with E-state index >= 15 is 0 Å². The number of piperidine rings is 1. The minimum atomic E-state index is -0.610. The van der Waals surface area contributed by atoms with Crippen molar-refractivity contribution in [2.24, 2.45) is 4.99 Å². The lowest BCUT2D eigenvalue weighted by atomic mass is 9.96. The van der Waals surface area contributed by atoms with Gasteiger partial charge in [-0.2, -0.15) is 0 Å². The minimum absolute atomic E-state index is 0.243. The second kappa shape index (κ2) is 14.7. The quantitative estimate of drug-likeness (QED) is 0.284. The maximum atomic E-state index is 13.6. The van der Waals surface area contributed by atoms with Crippen LogP contribution in [0.2, 0.25) is 10.0 Å². The van der Waals surface area contributed by atoms with Crippen LogP contribution >= 0.6 is 23.2 Å². The number of likely N-dealkylation sites (tertiary alicyclic amines) is 1. The molecular weight excluding hydrogens is 535 g/mol. The van der Waals surface area contributed by atoms with Crippen molar-refractivity contribution < 1.29 is 14.3 Å². The zero-order valence-electron chi connectivity index (χ0n) is 22.8. The maximum absolute atomic E-state index is 13.6. The van der Waals surface area contributed by atoms with Crippen LogP contribution in [-0.4, -0.2) is 75.3 Å². The van der Waals surface area contributed by atoms with E-state index in [9.17, 15) is 4.79 Å². The Hall–Kier alpha value is -2.58. The number of hydrogen-bond acceptors (Lipinski definition) is 7. The molecule has 2 aliphatic rings. The van der Waals surface area contributed by atoms with E-state index in [2.05, 4.69) is 22.3 Å². The molecule has 1 fully saturated rings. The van der Waals surface area contributed by atoms with Gasteiger partial charge in [-0.1, -0.05) is 66.0 Å². The van der Waals surface area contributed by atoms with Crippen molar-refractivity contribution in [2.45, 2.75) is 38.1 Å². The summed E-state index contributed by atoms with van der Waals surface area (Å²) in [7, 11) is 3.80. The van der Waals surface area contributed by atoms with Gasteiger partial charge in [0.05, 0.1) is 41.1 Å². The predicted octanol–water partition coefficient (Wildman–Crippen LogP) is 5.49. The van der Waals surface area contributed by atoms with Gasteiger partial charge in [0.1, 0.15) is 6.04 Å². The number of benzene rings is 2. The van der Waals surface area contributed by atoms with Gasteiger partial charge in [-0.15, -0.1) is 0 Å². The molecule has 9 heteroatoms. The number of halogens is 2. The molecule has 7 nitrogen and oxygen atoms in total. The molecule has 0 bridgehead atoms.